The molecule has 0 spiro atoms. The molecule has 0 fully saturated rings. The lowest BCUT2D eigenvalue weighted by Gasteiger charge is -2.01. The van der Waals surface area contributed by atoms with E-state index in [1.807, 2.05) is 31.3 Å². The van der Waals surface area contributed by atoms with E-state index in [4.69, 9.17) is 4.74 Å². The minimum absolute atomic E-state index is 0.863. The fourth-order valence-corrected chi connectivity index (χ4v) is 1.91. The Labute approximate surface area is 107 Å². The predicted molar refractivity (Wildman–Crippen MR) is 72.9 cm³/mol. The number of H-pyrrole nitrogens is 1. The third kappa shape index (κ3) is 2.71. The molecule has 2 rings (SSSR count). The van der Waals surface area contributed by atoms with E-state index in [1.54, 1.807) is 7.11 Å². The Bertz CT molecular complexity index is 502. The second-order valence-corrected chi connectivity index (χ2v) is 4.24. The number of ether oxygens (including phenoxy) is 1. The first kappa shape index (κ1) is 12.6. The Hall–Kier alpha value is -1.81. The number of hydrogen-bond donors (Lipinski definition) is 2. The molecule has 0 bridgehead atoms. The number of hydrogen-bond acceptors (Lipinski definition) is 3. The summed E-state index contributed by atoms with van der Waals surface area (Å²) in [5.74, 6) is 1.88. The predicted octanol–water partition coefficient (Wildman–Crippen LogP) is 2.16. The number of likely N-dealkylation sites (N-methyl/N-ethyl adjacent to an activating group) is 1. The van der Waals surface area contributed by atoms with Crippen molar-refractivity contribution in [3.05, 3.63) is 35.8 Å². The van der Waals surface area contributed by atoms with Crippen molar-refractivity contribution in [1.82, 2.24) is 15.3 Å². The number of nitrogens with one attached hydrogen (secondary N) is 2. The highest BCUT2D eigenvalue weighted by Crippen LogP contribution is 2.23. The summed E-state index contributed by atoms with van der Waals surface area (Å²) in [5, 5.41) is 3.12. The molecule has 0 aliphatic carbocycles. The fraction of sp³-hybridized carbons (Fsp3) is 0.357. The molecule has 1 heterocycles. The fourth-order valence-electron chi connectivity index (χ4n) is 1.91. The van der Waals surface area contributed by atoms with Gasteiger partial charge in [0.2, 0.25) is 0 Å². The number of aryl methyl sites for hydroxylation is 1. The first-order chi connectivity index (χ1) is 8.74. The van der Waals surface area contributed by atoms with Gasteiger partial charge in [-0.3, -0.25) is 0 Å². The second-order valence-electron chi connectivity index (χ2n) is 4.24. The summed E-state index contributed by atoms with van der Waals surface area (Å²) in [6.07, 6.45) is 0.910. The Morgan fingerprint density at radius 1 is 1.28 bits per heavy atom. The normalized spacial score (nSPS) is 10.6. The van der Waals surface area contributed by atoms with Gasteiger partial charge in [-0.25, -0.2) is 4.98 Å². The number of aromatic amines is 1. The molecule has 0 saturated carbocycles. The van der Waals surface area contributed by atoms with Crippen LogP contribution in [-0.4, -0.2) is 30.7 Å². The van der Waals surface area contributed by atoms with Gasteiger partial charge in [-0.05, 0) is 38.2 Å². The quantitative estimate of drug-likeness (QED) is 0.848. The van der Waals surface area contributed by atoms with Gasteiger partial charge in [0.15, 0.2) is 0 Å². The molecule has 0 aliphatic rings. The van der Waals surface area contributed by atoms with Crippen LogP contribution in [-0.2, 0) is 6.42 Å². The van der Waals surface area contributed by atoms with Crippen molar-refractivity contribution in [3.63, 3.8) is 0 Å². The Morgan fingerprint density at radius 2 is 2.00 bits per heavy atom. The van der Waals surface area contributed by atoms with Crippen LogP contribution in [0.15, 0.2) is 24.3 Å². The van der Waals surface area contributed by atoms with Gasteiger partial charge in [-0.2, -0.15) is 0 Å². The molecule has 2 N–H and O–H groups in total. The average Bonchev–Trinajstić information content (AvgIpc) is 2.78. The van der Waals surface area contributed by atoms with E-state index in [1.165, 1.54) is 0 Å². The summed E-state index contributed by atoms with van der Waals surface area (Å²) in [5.41, 5.74) is 3.23. The number of benzene rings is 1. The molecule has 0 radical (unpaired) electrons. The number of imidazole rings is 1. The van der Waals surface area contributed by atoms with Crippen LogP contribution in [0, 0.1) is 6.92 Å². The molecule has 1 aromatic carbocycles. The van der Waals surface area contributed by atoms with Gasteiger partial charge in [0.05, 0.1) is 12.8 Å². The Balaban J connectivity index is 2.23. The summed E-state index contributed by atoms with van der Waals surface area (Å²) >= 11 is 0. The third-order valence-electron chi connectivity index (χ3n) is 2.91. The molecule has 4 heteroatoms. The maximum Gasteiger partial charge on any atom is 0.118 e. The zero-order chi connectivity index (χ0) is 13.0. The van der Waals surface area contributed by atoms with Gasteiger partial charge in [-0.15, -0.1) is 0 Å². The minimum Gasteiger partial charge on any atom is -0.497 e. The molecule has 4 nitrogen and oxygen atoms in total. The van der Waals surface area contributed by atoms with Crippen LogP contribution in [0.5, 0.6) is 5.75 Å². The second kappa shape index (κ2) is 5.69. The molecular formula is C14H19N3O. The van der Waals surface area contributed by atoms with Crippen LogP contribution in [0.1, 0.15) is 11.5 Å². The van der Waals surface area contributed by atoms with E-state index in [0.717, 1.165) is 41.5 Å². The van der Waals surface area contributed by atoms with Crippen molar-refractivity contribution >= 4 is 0 Å². The van der Waals surface area contributed by atoms with E-state index < -0.39 is 0 Å². The van der Waals surface area contributed by atoms with Gasteiger partial charge in [0, 0.05) is 24.2 Å². The Morgan fingerprint density at radius 3 is 2.61 bits per heavy atom. The molecule has 0 unspecified atom stereocenters. The zero-order valence-electron chi connectivity index (χ0n) is 11.1. The molecule has 0 aliphatic heterocycles. The van der Waals surface area contributed by atoms with E-state index in [9.17, 15) is 0 Å². The highest BCUT2D eigenvalue weighted by Gasteiger charge is 2.08. The van der Waals surface area contributed by atoms with Crippen molar-refractivity contribution in [2.24, 2.45) is 0 Å². The smallest absolute Gasteiger partial charge is 0.118 e. The zero-order valence-corrected chi connectivity index (χ0v) is 11.1. The van der Waals surface area contributed by atoms with Crippen molar-refractivity contribution < 1.29 is 4.74 Å². The van der Waals surface area contributed by atoms with E-state index in [-0.39, 0.29) is 0 Å². The molecule has 1 aromatic heterocycles. The van der Waals surface area contributed by atoms with Crippen molar-refractivity contribution in [1.29, 1.82) is 0 Å². The van der Waals surface area contributed by atoms with Gasteiger partial charge >= 0.3 is 0 Å². The van der Waals surface area contributed by atoms with Crippen LogP contribution >= 0.6 is 0 Å². The lowest BCUT2D eigenvalue weighted by Crippen LogP contribution is -2.11. The molecule has 2 aromatic rings. The number of methoxy groups -OCH3 is 1. The van der Waals surface area contributed by atoms with Gasteiger partial charge < -0.3 is 15.0 Å². The SMILES string of the molecule is CNCCc1nc(-c2ccc(OC)cc2)c(C)[nH]1. The summed E-state index contributed by atoms with van der Waals surface area (Å²) in [4.78, 5) is 7.96. The summed E-state index contributed by atoms with van der Waals surface area (Å²) in [7, 11) is 3.62. The molecule has 0 saturated heterocycles. The Kier molecular flexibility index (Phi) is 3.99. The first-order valence-corrected chi connectivity index (χ1v) is 6.09. The number of rotatable bonds is 5. The lowest BCUT2D eigenvalue weighted by molar-refractivity contribution is 0.415. The van der Waals surface area contributed by atoms with Crippen molar-refractivity contribution in [3.8, 4) is 17.0 Å². The van der Waals surface area contributed by atoms with Gasteiger partial charge in [0.1, 0.15) is 11.6 Å². The van der Waals surface area contributed by atoms with Gasteiger partial charge in [0.25, 0.3) is 0 Å². The van der Waals surface area contributed by atoms with Gasteiger partial charge in [-0.1, -0.05) is 0 Å². The van der Waals surface area contributed by atoms with Crippen molar-refractivity contribution in [2.45, 2.75) is 13.3 Å². The molecule has 18 heavy (non-hydrogen) atoms. The average molecular weight is 245 g/mol. The summed E-state index contributed by atoms with van der Waals surface area (Å²) in [6.45, 7) is 2.98. The topological polar surface area (TPSA) is 49.9 Å². The highest BCUT2D eigenvalue weighted by atomic mass is 16.5. The van der Waals surface area contributed by atoms with Crippen LogP contribution < -0.4 is 10.1 Å². The standard InChI is InChI=1S/C14H19N3O/c1-10-14(17-13(16-10)8-9-15-2)11-4-6-12(18-3)7-5-11/h4-7,15H,8-9H2,1-3H3,(H,16,17). The molecule has 0 atom stereocenters. The summed E-state index contributed by atoms with van der Waals surface area (Å²) < 4.78 is 5.16. The number of aromatic nitrogens is 2. The van der Waals surface area contributed by atoms with E-state index in [2.05, 4.69) is 22.2 Å². The minimum atomic E-state index is 0.863. The van der Waals surface area contributed by atoms with Crippen LogP contribution in [0.3, 0.4) is 0 Å². The monoisotopic (exact) mass is 245 g/mol. The third-order valence-corrected chi connectivity index (χ3v) is 2.91. The maximum absolute atomic E-state index is 5.16. The van der Waals surface area contributed by atoms with Crippen LogP contribution in [0.4, 0.5) is 0 Å². The molecule has 0 amide bonds. The highest BCUT2D eigenvalue weighted by molar-refractivity contribution is 5.62. The van der Waals surface area contributed by atoms with E-state index in [0.29, 0.717) is 0 Å². The van der Waals surface area contributed by atoms with Crippen LogP contribution in [0.2, 0.25) is 0 Å². The number of nitrogens with zero attached hydrogens (tertiary/aromatic N) is 1. The lowest BCUT2D eigenvalue weighted by atomic mass is 10.1. The summed E-state index contributed by atoms with van der Waals surface area (Å²) in [6, 6.07) is 7.97. The van der Waals surface area contributed by atoms with Crippen LogP contribution in [0.25, 0.3) is 11.3 Å². The first-order valence-electron chi connectivity index (χ1n) is 6.09. The maximum atomic E-state index is 5.16. The van der Waals surface area contributed by atoms with E-state index >= 15 is 0 Å². The molecular weight excluding hydrogens is 226 g/mol. The van der Waals surface area contributed by atoms with Crippen molar-refractivity contribution in [2.75, 3.05) is 20.7 Å². The molecule has 96 valence electrons. The largest absolute Gasteiger partial charge is 0.497 e.